The number of hydrogen-bond donors (Lipinski definition) is 2. The summed E-state index contributed by atoms with van der Waals surface area (Å²) in [6.07, 6.45) is 2.69. The second kappa shape index (κ2) is 8.08. The van der Waals surface area contributed by atoms with Gasteiger partial charge in [-0.3, -0.25) is 0 Å². The molecule has 0 saturated heterocycles. The third-order valence-electron chi connectivity index (χ3n) is 4.18. The van der Waals surface area contributed by atoms with Crippen LogP contribution in [0.25, 0.3) is 0 Å². The van der Waals surface area contributed by atoms with Gasteiger partial charge in [-0.05, 0) is 36.3 Å². The third-order valence-corrected chi connectivity index (χ3v) is 4.18. The van der Waals surface area contributed by atoms with Crippen LogP contribution in [0.2, 0.25) is 0 Å². The lowest BCUT2D eigenvalue weighted by Gasteiger charge is -2.20. The molecule has 5 heteroatoms. The van der Waals surface area contributed by atoms with Crippen molar-refractivity contribution < 1.29 is 0 Å². The van der Waals surface area contributed by atoms with Gasteiger partial charge in [0, 0.05) is 11.7 Å². The maximum atomic E-state index is 4.56. The molecular weight excluding hydrogens is 298 g/mol. The van der Waals surface area contributed by atoms with Crippen LogP contribution < -0.4 is 10.6 Å². The smallest absolute Gasteiger partial charge is 0.249 e. The van der Waals surface area contributed by atoms with Gasteiger partial charge in [0.05, 0.1) is 6.20 Å². The Balaban J connectivity index is 2.35. The van der Waals surface area contributed by atoms with Gasteiger partial charge in [0.15, 0.2) is 5.82 Å². The summed E-state index contributed by atoms with van der Waals surface area (Å²) in [7, 11) is 0. The first-order chi connectivity index (χ1) is 11.4. The van der Waals surface area contributed by atoms with Crippen LogP contribution in [0.4, 0.5) is 17.5 Å². The molecule has 2 rings (SSSR count). The molecule has 1 heterocycles. The molecule has 0 spiro atoms. The standard InChI is InChI=1S/C19H29N5/c1-7-14(6)21-17-11-20-24-19(22-17)23-18-15(12(2)3)9-8-10-16(18)13(4)5/h8-14H,7H2,1-6H3,(H2,21,22,23,24). The molecular formula is C19H29N5. The maximum Gasteiger partial charge on any atom is 0.249 e. The van der Waals surface area contributed by atoms with Gasteiger partial charge in [0.1, 0.15) is 0 Å². The summed E-state index contributed by atoms with van der Waals surface area (Å²) in [4.78, 5) is 4.56. The van der Waals surface area contributed by atoms with Crippen LogP contribution >= 0.6 is 0 Å². The van der Waals surface area contributed by atoms with E-state index in [-0.39, 0.29) is 0 Å². The second-order valence-electron chi connectivity index (χ2n) is 6.86. The van der Waals surface area contributed by atoms with Crippen LogP contribution in [0.15, 0.2) is 24.4 Å². The highest BCUT2D eigenvalue weighted by Crippen LogP contribution is 2.33. The van der Waals surface area contributed by atoms with E-state index in [2.05, 4.69) is 85.6 Å². The number of rotatable bonds is 7. The van der Waals surface area contributed by atoms with Crippen molar-refractivity contribution >= 4 is 17.5 Å². The third kappa shape index (κ3) is 4.43. The van der Waals surface area contributed by atoms with Gasteiger partial charge in [-0.15, -0.1) is 5.10 Å². The number of nitrogens with zero attached hydrogens (tertiary/aromatic N) is 3. The van der Waals surface area contributed by atoms with E-state index >= 15 is 0 Å². The molecule has 2 aromatic rings. The molecule has 1 atom stereocenters. The SMILES string of the molecule is CCC(C)Nc1cnnc(Nc2c(C(C)C)cccc2C(C)C)n1. The molecule has 1 aromatic heterocycles. The van der Waals surface area contributed by atoms with Gasteiger partial charge in [-0.25, -0.2) is 0 Å². The number of anilines is 3. The molecule has 1 unspecified atom stereocenters. The van der Waals surface area contributed by atoms with Crippen LogP contribution in [-0.4, -0.2) is 21.2 Å². The fourth-order valence-electron chi connectivity index (χ4n) is 2.59. The molecule has 0 aliphatic carbocycles. The summed E-state index contributed by atoms with van der Waals surface area (Å²) in [5, 5.41) is 15.0. The van der Waals surface area contributed by atoms with Crippen molar-refractivity contribution in [1.82, 2.24) is 15.2 Å². The largest absolute Gasteiger partial charge is 0.366 e. The highest BCUT2D eigenvalue weighted by Gasteiger charge is 2.15. The van der Waals surface area contributed by atoms with Crippen molar-refractivity contribution in [3.63, 3.8) is 0 Å². The van der Waals surface area contributed by atoms with E-state index in [9.17, 15) is 0 Å². The van der Waals surface area contributed by atoms with Crippen molar-refractivity contribution in [3.05, 3.63) is 35.5 Å². The minimum Gasteiger partial charge on any atom is -0.366 e. The van der Waals surface area contributed by atoms with E-state index in [0.29, 0.717) is 23.8 Å². The predicted octanol–water partition coefficient (Wildman–Crippen LogP) is 5.07. The van der Waals surface area contributed by atoms with Gasteiger partial charge < -0.3 is 10.6 Å². The van der Waals surface area contributed by atoms with E-state index in [1.807, 2.05) is 0 Å². The summed E-state index contributed by atoms with van der Waals surface area (Å²) in [5.41, 5.74) is 3.64. The molecule has 5 nitrogen and oxygen atoms in total. The lowest BCUT2D eigenvalue weighted by molar-refractivity contribution is 0.755. The molecule has 0 bridgehead atoms. The van der Waals surface area contributed by atoms with Crippen molar-refractivity contribution in [2.24, 2.45) is 0 Å². The van der Waals surface area contributed by atoms with Crippen molar-refractivity contribution in [1.29, 1.82) is 0 Å². The van der Waals surface area contributed by atoms with Gasteiger partial charge in [-0.2, -0.15) is 10.1 Å². The zero-order valence-electron chi connectivity index (χ0n) is 15.6. The molecule has 0 aliphatic heterocycles. The zero-order chi connectivity index (χ0) is 17.7. The summed E-state index contributed by atoms with van der Waals surface area (Å²) < 4.78 is 0. The van der Waals surface area contributed by atoms with E-state index in [1.165, 1.54) is 11.1 Å². The van der Waals surface area contributed by atoms with Crippen LogP contribution in [-0.2, 0) is 0 Å². The zero-order valence-corrected chi connectivity index (χ0v) is 15.6. The molecule has 0 saturated carbocycles. The fraction of sp³-hybridized carbons (Fsp3) is 0.526. The normalized spacial score (nSPS) is 12.5. The number of nitrogens with one attached hydrogen (secondary N) is 2. The van der Waals surface area contributed by atoms with E-state index in [4.69, 9.17) is 0 Å². The molecule has 0 amide bonds. The minimum atomic E-state index is 0.351. The van der Waals surface area contributed by atoms with Crippen LogP contribution in [0.3, 0.4) is 0 Å². The van der Waals surface area contributed by atoms with Gasteiger partial charge in [0.25, 0.3) is 0 Å². The van der Waals surface area contributed by atoms with E-state index in [0.717, 1.165) is 17.9 Å². The lowest BCUT2D eigenvalue weighted by Crippen LogP contribution is -2.15. The van der Waals surface area contributed by atoms with Crippen molar-refractivity contribution in [3.8, 4) is 0 Å². The summed E-state index contributed by atoms with van der Waals surface area (Å²) in [6.45, 7) is 13.1. The van der Waals surface area contributed by atoms with E-state index in [1.54, 1.807) is 6.20 Å². The van der Waals surface area contributed by atoms with Crippen molar-refractivity contribution in [2.75, 3.05) is 10.6 Å². The molecule has 0 aliphatic rings. The Hall–Kier alpha value is -2.17. The van der Waals surface area contributed by atoms with Crippen LogP contribution in [0.1, 0.15) is 70.9 Å². The molecule has 1 aromatic carbocycles. The first-order valence-corrected chi connectivity index (χ1v) is 8.78. The average Bonchev–Trinajstić information content (AvgIpc) is 2.54. The summed E-state index contributed by atoms with van der Waals surface area (Å²) >= 11 is 0. The quantitative estimate of drug-likeness (QED) is 0.743. The van der Waals surface area contributed by atoms with Crippen LogP contribution in [0.5, 0.6) is 0 Å². The summed E-state index contributed by atoms with van der Waals surface area (Å²) in [5.74, 6) is 2.11. The number of para-hydroxylation sites is 1. The molecule has 130 valence electrons. The molecule has 0 radical (unpaired) electrons. The fourth-order valence-corrected chi connectivity index (χ4v) is 2.59. The highest BCUT2D eigenvalue weighted by atomic mass is 15.3. The van der Waals surface area contributed by atoms with Crippen molar-refractivity contribution in [2.45, 2.75) is 65.8 Å². The van der Waals surface area contributed by atoms with Gasteiger partial charge >= 0.3 is 0 Å². The average molecular weight is 327 g/mol. The maximum absolute atomic E-state index is 4.56. The van der Waals surface area contributed by atoms with E-state index < -0.39 is 0 Å². The first kappa shape index (κ1) is 18.2. The Bertz CT molecular complexity index is 640. The number of aromatic nitrogens is 3. The molecule has 2 N–H and O–H groups in total. The highest BCUT2D eigenvalue weighted by molar-refractivity contribution is 5.65. The predicted molar refractivity (Wildman–Crippen MR) is 101 cm³/mol. The number of benzene rings is 1. The monoisotopic (exact) mass is 327 g/mol. The molecule has 0 fully saturated rings. The number of hydrogen-bond acceptors (Lipinski definition) is 5. The molecule has 24 heavy (non-hydrogen) atoms. The Labute approximate surface area is 145 Å². The van der Waals surface area contributed by atoms with Gasteiger partial charge in [0.2, 0.25) is 5.95 Å². The second-order valence-corrected chi connectivity index (χ2v) is 6.86. The summed E-state index contributed by atoms with van der Waals surface area (Å²) in [6, 6.07) is 6.79. The van der Waals surface area contributed by atoms with Crippen LogP contribution in [0, 0.1) is 0 Å². The Morgan fingerprint density at radius 1 is 1.00 bits per heavy atom. The Kier molecular flexibility index (Phi) is 6.12. The van der Waals surface area contributed by atoms with Gasteiger partial charge in [-0.1, -0.05) is 52.8 Å². The first-order valence-electron chi connectivity index (χ1n) is 8.78. The Morgan fingerprint density at radius 3 is 2.17 bits per heavy atom. The Morgan fingerprint density at radius 2 is 1.62 bits per heavy atom. The minimum absolute atomic E-state index is 0.351. The topological polar surface area (TPSA) is 62.7 Å². The lowest BCUT2D eigenvalue weighted by atomic mass is 9.93.